The minimum absolute atomic E-state index is 0.0190. The van der Waals surface area contributed by atoms with E-state index in [1.807, 2.05) is 19.1 Å². The fraction of sp³-hybridized carbons (Fsp3) is 0.120. The number of halogens is 2. The molecular formula is C25H20ClFN2O3. The first-order valence-electron chi connectivity index (χ1n) is 9.90. The summed E-state index contributed by atoms with van der Waals surface area (Å²) in [5.74, 6) is -0.777. The summed E-state index contributed by atoms with van der Waals surface area (Å²) in [5.41, 5.74) is 3.10. The maximum Gasteiger partial charge on any atom is 0.278 e. The van der Waals surface area contributed by atoms with E-state index in [2.05, 4.69) is 5.32 Å². The number of anilines is 1. The third kappa shape index (κ3) is 4.22. The van der Waals surface area contributed by atoms with Crippen LogP contribution < -0.4 is 10.1 Å². The molecule has 0 unspecified atom stereocenters. The number of carbonyl (C=O) groups excluding carboxylic acids is 2. The minimum Gasteiger partial charge on any atom is -0.495 e. The second-order valence-electron chi connectivity index (χ2n) is 7.41. The number of methoxy groups -OCH3 is 1. The molecule has 4 rings (SSSR count). The quantitative estimate of drug-likeness (QED) is 0.525. The van der Waals surface area contributed by atoms with Crippen LogP contribution in [-0.2, 0) is 16.1 Å². The Morgan fingerprint density at radius 3 is 2.31 bits per heavy atom. The number of amides is 2. The van der Waals surface area contributed by atoms with Gasteiger partial charge in [0.1, 0.15) is 17.3 Å². The molecule has 162 valence electrons. The largest absolute Gasteiger partial charge is 0.495 e. The van der Waals surface area contributed by atoms with Crippen molar-refractivity contribution in [2.75, 3.05) is 12.4 Å². The van der Waals surface area contributed by atoms with Crippen molar-refractivity contribution in [2.45, 2.75) is 13.5 Å². The molecule has 0 bridgehead atoms. The van der Waals surface area contributed by atoms with Crippen LogP contribution in [0.5, 0.6) is 5.75 Å². The Morgan fingerprint density at radius 1 is 0.969 bits per heavy atom. The Morgan fingerprint density at radius 2 is 1.66 bits per heavy atom. The molecule has 0 radical (unpaired) electrons. The summed E-state index contributed by atoms with van der Waals surface area (Å²) in [5, 5.41) is 3.64. The van der Waals surface area contributed by atoms with Crippen molar-refractivity contribution in [1.29, 1.82) is 0 Å². The van der Waals surface area contributed by atoms with Gasteiger partial charge in [0, 0.05) is 5.02 Å². The Hall–Kier alpha value is -3.64. The van der Waals surface area contributed by atoms with Crippen molar-refractivity contribution >= 4 is 34.7 Å². The highest BCUT2D eigenvalue weighted by molar-refractivity contribution is 6.36. The normalized spacial score (nSPS) is 13.7. The molecule has 1 aliphatic rings. The van der Waals surface area contributed by atoms with Crippen molar-refractivity contribution in [3.63, 3.8) is 0 Å². The van der Waals surface area contributed by atoms with E-state index in [4.69, 9.17) is 16.3 Å². The Balaban J connectivity index is 1.77. The summed E-state index contributed by atoms with van der Waals surface area (Å²) in [6, 6.07) is 17.9. The Bertz CT molecular complexity index is 1220. The monoisotopic (exact) mass is 450 g/mol. The molecule has 0 spiro atoms. The standard InChI is InChI=1S/C25H20ClFN2O3/c1-15-3-12-21(32-2)20(13-15)28-23-22(17-6-8-18(26)9-7-17)24(30)29(25(23)31)14-16-4-10-19(27)11-5-16/h3-13,28H,14H2,1-2H3. The van der Waals surface area contributed by atoms with Gasteiger partial charge in [0.25, 0.3) is 11.8 Å². The number of benzene rings is 3. The van der Waals surface area contributed by atoms with Crippen LogP contribution in [-0.4, -0.2) is 23.8 Å². The van der Waals surface area contributed by atoms with Gasteiger partial charge in [-0.15, -0.1) is 0 Å². The molecule has 3 aromatic rings. The molecule has 1 aliphatic heterocycles. The molecule has 0 saturated carbocycles. The topological polar surface area (TPSA) is 58.6 Å². The number of nitrogens with zero attached hydrogens (tertiary/aromatic N) is 1. The lowest BCUT2D eigenvalue weighted by Gasteiger charge is -2.16. The van der Waals surface area contributed by atoms with E-state index in [1.165, 1.54) is 19.2 Å². The molecule has 0 fully saturated rings. The van der Waals surface area contributed by atoms with Gasteiger partial charge in [-0.3, -0.25) is 14.5 Å². The number of rotatable bonds is 6. The average molecular weight is 451 g/mol. The second kappa shape index (κ2) is 8.85. The van der Waals surface area contributed by atoms with Crippen LogP contribution in [0.25, 0.3) is 5.57 Å². The van der Waals surface area contributed by atoms with Gasteiger partial charge in [-0.2, -0.15) is 0 Å². The van der Waals surface area contributed by atoms with Crippen LogP contribution in [0.2, 0.25) is 5.02 Å². The second-order valence-corrected chi connectivity index (χ2v) is 7.84. The zero-order chi connectivity index (χ0) is 22.8. The highest BCUT2D eigenvalue weighted by Crippen LogP contribution is 2.34. The number of carbonyl (C=O) groups is 2. The third-order valence-electron chi connectivity index (χ3n) is 5.17. The van der Waals surface area contributed by atoms with Crippen molar-refractivity contribution in [3.8, 4) is 5.75 Å². The van der Waals surface area contributed by atoms with E-state index in [1.54, 1.807) is 42.5 Å². The summed E-state index contributed by atoms with van der Waals surface area (Å²) in [4.78, 5) is 27.9. The van der Waals surface area contributed by atoms with Crippen LogP contribution >= 0.6 is 11.6 Å². The molecule has 32 heavy (non-hydrogen) atoms. The molecule has 0 aromatic heterocycles. The van der Waals surface area contributed by atoms with Gasteiger partial charge in [-0.05, 0) is 60.0 Å². The van der Waals surface area contributed by atoms with Gasteiger partial charge in [0.05, 0.1) is 24.9 Å². The molecular weight excluding hydrogens is 431 g/mol. The molecule has 5 nitrogen and oxygen atoms in total. The number of aryl methyl sites for hydroxylation is 1. The lowest BCUT2D eigenvalue weighted by molar-refractivity contribution is -0.137. The van der Waals surface area contributed by atoms with Gasteiger partial charge in [0.15, 0.2) is 0 Å². The molecule has 0 saturated heterocycles. The third-order valence-corrected chi connectivity index (χ3v) is 5.42. The Labute approximate surface area is 190 Å². The number of imide groups is 1. The zero-order valence-corrected chi connectivity index (χ0v) is 18.2. The predicted molar refractivity (Wildman–Crippen MR) is 122 cm³/mol. The first-order chi connectivity index (χ1) is 15.4. The number of hydrogen-bond acceptors (Lipinski definition) is 4. The molecule has 7 heteroatoms. The van der Waals surface area contributed by atoms with E-state index < -0.39 is 11.8 Å². The maximum absolute atomic E-state index is 13.4. The fourth-order valence-electron chi connectivity index (χ4n) is 3.55. The average Bonchev–Trinajstić information content (AvgIpc) is 3.00. The summed E-state index contributed by atoms with van der Waals surface area (Å²) < 4.78 is 18.7. The minimum atomic E-state index is -0.479. The maximum atomic E-state index is 13.4. The number of nitrogens with one attached hydrogen (secondary N) is 1. The van der Waals surface area contributed by atoms with Crippen LogP contribution in [0.1, 0.15) is 16.7 Å². The van der Waals surface area contributed by atoms with E-state index in [9.17, 15) is 14.0 Å². The SMILES string of the molecule is COc1ccc(C)cc1NC1=C(c2ccc(Cl)cc2)C(=O)N(Cc2ccc(F)cc2)C1=O. The highest BCUT2D eigenvalue weighted by Gasteiger charge is 2.39. The van der Waals surface area contributed by atoms with Gasteiger partial charge in [-0.25, -0.2) is 4.39 Å². The van der Waals surface area contributed by atoms with E-state index >= 15 is 0 Å². The van der Waals surface area contributed by atoms with Crippen molar-refractivity contribution in [1.82, 2.24) is 4.90 Å². The lowest BCUT2D eigenvalue weighted by Crippen LogP contribution is -2.32. The van der Waals surface area contributed by atoms with Crippen molar-refractivity contribution in [2.24, 2.45) is 0 Å². The fourth-order valence-corrected chi connectivity index (χ4v) is 3.67. The number of ether oxygens (including phenoxy) is 1. The van der Waals surface area contributed by atoms with Crippen LogP contribution in [0.15, 0.2) is 72.4 Å². The first kappa shape index (κ1) is 21.6. The first-order valence-corrected chi connectivity index (χ1v) is 10.3. The highest BCUT2D eigenvalue weighted by atomic mass is 35.5. The van der Waals surface area contributed by atoms with Crippen LogP contribution in [0.3, 0.4) is 0 Å². The van der Waals surface area contributed by atoms with Gasteiger partial charge < -0.3 is 10.1 Å². The summed E-state index contributed by atoms with van der Waals surface area (Å²) in [6.07, 6.45) is 0. The van der Waals surface area contributed by atoms with Gasteiger partial charge in [0.2, 0.25) is 0 Å². The zero-order valence-electron chi connectivity index (χ0n) is 17.5. The summed E-state index contributed by atoms with van der Waals surface area (Å²) in [6.45, 7) is 1.94. The van der Waals surface area contributed by atoms with Gasteiger partial charge in [-0.1, -0.05) is 41.9 Å². The van der Waals surface area contributed by atoms with Crippen LogP contribution in [0, 0.1) is 12.7 Å². The molecule has 0 aliphatic carbocycles. The summed E-state index contributed by atoms with van der Waals surface area (Å²) in [7, 11) is 1.53. The van der Waals surface area contributed by atoms with E-state index in [0.29, 0.717) is 27.6 Å². The molecule has 1 N–H and O–H groups in total. The number of hydrogen-bond donors (Lipinski definition) is 1. The predicted octanol–water partition coefficient (Wildman–Crippen LogP) is 5.19. The smallest absolute Gasteiger partial charge is 0.278 e. The molecule has 1 heterocycles. The van der Waals surface area contributed by atoms with Crippen molar-refractivity contribution < 1.29 is 18.7 Å². The molecule has 3 aromatic carbocycles. The van der Waals surface area contributed by atoms with Crippen LogP contribution in [0.4, 0.5) is 10.1 Å². The molecule has 2 amide bonds. The molecule has 0 atom stereocenters. The van der Waals surface area contributed by atoms with E-state index in [0.717, 1.165) is 10.5 Å². The Kier molecular flexibility index (Phi) is 5.97. The summed E-state index contributed by atoms with van der Waals surface area (Å²) >= 11 is 6.01. The van der Waals surface area contributed by atoms with Gasteiger partial charge >= 0.3 is 0 Å². The van der Waals surface area contributed by atoms with Crippen molar-refractivity contribution in [3.05, 3.63) is 100.0 Å². The lowest BCUT2D eigenvalue weighted by atomic mass is 10.0. The van der Waals surface area contributed by atoms with E-state index in [-0.39, 0.29) is 23.6 Å².